The van der Waals surface area contributed by atoms with E-state index in [1.165, 1.54) is 18.5 Å². The van der Waals surface area contributed by atoms with E-state index in [1.807, 2.05) is 17.0 Å². The van der Waals surface area contributed by atoms with Crippen LogP contribution in [0.3, 0.4) is 0 Å². The smallest absolute Gasteiger partial charge is 0.416 e. The van der Waals surface area contributed by atoms with Gasteiger partial charge in [-0.25, -0.2) is 9.97 Å². The van der Waals surface area contributed by atoms with Crippen LogP contribution in [0, 0.1) is 0 Å². The van der Waals surface area contributed by atoms with Gasteiger partial charge in [0.2, 0.25) is 0 Å². The Hall–Kier alpha value is -4.93. The van der Waals surface area contributed by atoms with Crippen molar-refractivity contribution >= 4 is 39.8 Å². The number of benzene rings is 3. The molecule has 0 unspecified atom stereocenters. The highest BCUT2D eigenvalue weighted by atomic mass is 19.4. The molecule has 0 aliphatic rings. The summed E-state index contributed by atoms with van der Waals surface area (Å²) in [5, 5.41) is 10.1. The molecule has 2 heterocycles. The molecule has 11 heteroatoms. The summed E-state index contributed by atoms with van der Waals surface area (Å²) < 4.78 is 44.5. The fraction of sp³-hybridized carbons (Fsp3) is 0.0769. The highest BCUT2D eigenvalue weighted by Gasteiger charge is 2.30. The zero-order chi connectivity index (χ0) is 26.0. The van der Waals surface area contributed by atoms with E-state index < -0.39 is 17.6 Å². The molecule has 5 aromatic rings. The number of nitrogens with one attached hydrogen (secondary N) is 2. The van der Waals surface area contributed by atoms with Crippen LogP contribution in [0.25, 0.3) is 11.0 Å². The third kappa shape index (κ3) is 4.92. The summed E-state index contributed by atoms with van der Waals surface area (Å²) >= 11 is 0. The van der Waals surface area contributed by atoms with E-state index in [0.717, 1.165) is 17.8 Å². The van der Waals surface area contributed by atoms with E-state index in [0.29, 0.717) is 28.3 Å². The Balaban J connectivity index is 1.54. The topological polar surface area (TPSA) is 96.0 Å². The Labute approximate surface area is 208 Å². The lowest BCUT2D eigenvalue weighted by Gasteiger charge is -2.25. The second-order valence-corrected chi connectivity index (χ2v) is 7.95. The number of carbonyl (C=O) groups is 1. The lowest BCUT2D eigenvalue weighted by molar-refractivity contribution is -0.137. The first kappa shape index (κ1) is 23.8. The molecule has 5 rings (SSSR count). The maximum absolute atomic E-state index is 13.1. The molecule has 3 aromatic carbocycles. The summed E-state index contributed by atoms with van der Waals surface area (Å²) in [6, 6.07) is 18.4. The molecule has 0 spiro atoms. The summed E-state index contributed by atoms with van der Waals surface area (Å²) in [4.78, 5) is 23.5. The van der Waals surface area contributed by atoms with Crippen molar-refractivity contribution in [2.75, 3.05) is 17.3 Å². The van der Waals surface area contributed by atoms with Crippen LogP contribution in [0.2, 0.25) is 0 Å². The van der Waals surface area contributed by atoms with Crippen LogP contribution >= 0.6 is 0 Å². The molecule has 0 bridgehead atoms. The van der Waals surface area contributed by atoms with Crippen molar-refractivity contribution in [2.45, 2.75) is 6.18 Å². The Bertz CT molecular complexity index is 1570. The minimum Gasteiger partial charge on any atom is -0.497 e. The average Bonchev–Trinajstić information content (AvgIpc) is 3.39. The molecule has 0 aliphatic heterocycles. The molecule has 0 fully saturated rings. The Morgan fingerprint density at radius 1 is 0.973 bits per heavy atom. The van der Waals surface area contributed by atoms with Crippen LogP contribution in [0.5, 0.6) is 5.75 Å². The number of aromatic nitrogens is 4. The molecule has 1 amide bonds. The Kier molecular flexibility index (Phi) is 6.18. The van der Waals surface area contributed by atoms with Crippen LogP contribution in [0.15, 0.2) is 85.3 Å². The van der Waals surface area contributed by atoms with Gasteiger partial charge in [-0.1, -0.05) is 12.1 Å². The van der Waals surface area contributed by atoms with Crippen molar-refractivity contribution in [1.82, 2.24) is 20.2 Å². The Morgan fingerprint density at radius 2 is 1.76 bits per heavy atom. The molecule has 2 N–H and O–H groups in total. The molecule has 0 atom stereocenters. The average molecular weight is 504 g/mol. The number of nitrogens with zero attached hydrogens (tertiary/aromatic N) is 4. The van der Waals surface area contributed by atoms with E-state index in [2.05, 4.69) is 25.5 Å². The number of fused-ring (bicyclic) bond motifs is 1. The fourth-order valence-electron chi connectivity index (χ4n) is 3.82. The minimum absolute atomic E-state index is 0.0353. The van der Waals surface area contributed by atoms with Gasteiger partial charge in [-0.15, -0.1) is 0 Å². The summed E-state index contributed by atoms with van der Waals surface area (Å²) in [5.41, 5.74) is 1.26. The molecular weight excluding hydrogens is 485 g/mol. The number of aromatic amines is 1. The van der Waals surface area contributed by atoms with Crippen molar-refractivity contribution < 1.29 is 22.7 Å². The number of rotatable bonds is 6. The number of methoxy groups -OCH3 is 1. The first-order valence-electron chi connectivity index (χ1n) is 11.0. The van der Waals surface area contributed by atoms with Crippen LogP contribution in [0.4, 0.5) is 36.1 Å². The minimum atomic E-state index is -4.52. The molecular formula is C26H19F3N6O2. The standard InChI is InChI=1S/C26H19F3N6O2/c1-37-21-10-8-19(9-11-21)35(24-22-14-32-34-23(22)30-15-31-24)20-7-2-4-16(12-20)25(36)33-18-6-3-5-17(13-18)26(27,28)29/h2-15H,1H3,(H,33,36)(H,30,31,32,34). The summed E-state index contributed by atoms with van der Waals surface area (Å²) in [5.74, 6) is 0.611. The first-order valence-corrected chi connectivity index (χ1v) is 11.0. The van der Waals surface area contributed by atoms with Gasteiger partial charge < -0.3 is 10.1 Å². The van der Waals surface area contributed by atoms with Gasteiger partial charge in [0.25, 0.3) is 5.91 Å². The number of H-pyrrole nitrogens is 1. The number of ether oxygens (including phenoxy) is 1. The van der Waals surface area contributed by atoms with Crippen LogP contribution in [0.1, 0.15) is 15.9 Å². The van der Waals surface area contributed by atoms with Gasteiger partial charge >= 0.3 is 6.18 Å². The predicted octanol–water partition coefficient (Wildman–Crippen LogP) is 6.10. The highest BCUT2D eigenvalue weighted by Crippen LogP contribution is 2.37. The summed E-state index contributed by atoms with van der Waals surface area (Å²) in [6.07, 6.45) is -1.52. The molecule has 8 nitrogen and oxygen atoms in total. The van der Waals surface area contributed by atoms with E-state index in [4.69, 9.17) is 4.74 Å². The third-order valence-corrected chi connectivity index (χ3v) is 5.58. The van der Waals surface area contributed by atoms with Gasteiger partial charge in [-0.2, -0.15) is 18.3 Å². The molecule has 186 valence electrons. The van der Waals surface area contributed by atoms with Crippen LogP contribution in [-0.4, -0.2) is 33.2 Å². The number of amides is 1. The van der Waals surface area contributed by atoms with Gasteiger partial charge in [-0.3, -0.25) is 14.8 Å². The van der Waals surface area contributed by atoms with Crippen LogP contribution < -0.4 is 15.0 Å². The van der Waals surface area contributed by atoms with E-state index in [9.17, 15) is 18.0 Å². The van der Waals surface area contributed by atoms with Gasteiger partial charge in [0.15, 0.2) is 11.5 Å². The summed E-state index contributed by atoms with van der Waals surface area (Å²) in [6.45, 7) is 0. The predicted molar refractivity (Wildman–Crippen MR) is 132 cm³/mol. The van der Waals surface area contributed by atoms with Gasteiger partial charge in [0.05, 0.1) is 24.3 Å². The maximum Gasteiger partial charge on any atom is 0.416 e. The van der Waals surface area contributed by atoms with Crippen molar-refractivity contribution in [3.63, 3.8) is 0 Å². The maximum atomic E-state index is 13.1. The second-order valence-electron chi connectivity index (χ2n) is 7.95. The number of hydrogen-bond acceptors (Lipinski definition) is 6. The lowest BCUT2D eigenvalue weighted by Crippen LogP contribution is -2.16. The van der Waals surface area contributed by atoms with E-state index >= 15 is 0 Å². The van der Waals surface area contributed by atoms with Crippen molar-refractivity contribution in [1.29, 1.82) is 0 Å². The van der Waals surface area contributed by atoms with Gasteiger partial charge in [-0.05, 0) is 60.7 Å². The number of carbonyl (C=O) groups excluding carboxylic acids is 1. The number of halogens is 3. The Morgan fingerprint density at radius 3 is 2.51 bits per heavy atom. The summed E-state index contributed by atoms with van der Waals surface area (Å²) in [7, 11) is 1.57. The third-order valence-electron chi connectivity index (χ3n) is 5.58. The monoisotopic (exact) mass is 504 g/mol. The SMILES string of the molecule is COc1ccc(N(c2cccc(C(=O)Nc3cccc(C(F)(F)F)c3)c2)c2ncnc3[nH]ncc23)cc1. The largest absolute Gasteiger partial charge is 0.497 e. The van der Waals surface area contributed by atoms with Gasteiger partial charge in [0, 0.05) is 22.6 Å². The van der Waals surface area contributed by atoms with Crippen molar-refractivity contribution in [3.05, 3.63) is 96.4 Å². The highest BCUT2D eigenvalue weighted by molar-refractivity contribution is 6.05. The first-order chi connectivity index (χ1) is 17.8. The van der Waals surface area contributed by atoms with Crippen molar-refractivity contribution in [2.24, 2.45) is 0 Å². The number of anilines is 4. The van der Waals surface area contributed by atoms with Gasteiger partial charge in [0.1, 0.15) is 12.1 Å². The van der Waals surface area contributed by atoms with E-state index in [-0.39, 0.29) is 11.3 Å². The number of alkyl halides is 3. The molecule has 2 aromatic heterocycles. The number of hydrogen-bond donors (Lipinski definition) is 2. The molecule has 0 aliphatic carbocycles. The second kappa shape index (κ2) is 9.61. The molecule has 0 saturated heterocycles. The zero-order valence-electron chi connectivity index (χ0n) is 19.3. The lowest BCUT2D eigenvalue weighted by atomic mass is 10.1. The normalized spacial score (nSPS) is 11.4. The fourth-order valence-corrected chi connectivity index (χ4v) is 3.82. The van der Waals surface area contributed by atoms with E-state index in [1.54, 1.807) is 49.7 Å². The van der Waals surface area contributed by atoms with Crippen molar-refractivity contribution in [3.8, 4) is 5.75 Å². The molecule has 0 saturated carbocycles. The van der Waals surface area contributed by atoms with Crippen LogP contribution in [-0.2, 0) is 6.18 Å². The zero-order valence-corrected chi connectivity index (χ0v) is 19.3. The quantitative estimate of drug-likeness (QED) is 0.290. The molecule has 0 radical (unpaired) electrons. The molecule has 37 heavy (non-hydrogen) atoms.